The fourth-order valence-corrected chi connectivity index (χ4v) is 5.17. The van der Waals surface area contributed by atoms with Crippen LogP contribution in [-0.4, -0.2) is 54.4 Å². The number of aromatic nitrogens is 4. The molecule has 1 saturated heterocycles. The lowest BCUT2D eigenvalue weighted by molar-refractivity contribution is -0.139. The van der Waals surface area contributed by atoms with E-state index in [2.05, 4.69) is 33.2 Å². The summed E-state index contributed by atoms with van der Waals surface area (Å²) < 4.78 is 1.79. The molecule has 4 amide bonds. The van der Waals surface area contributed by atoms with Gasteiger partial charge in [0, 0.05) is 0 Å². The number of carbonyl (C=O) groups excluding carboxylic acids is 3. The van der Waals surface area contributed by atoms with Crippen LogP contribution < -0.4 is 10.7 Å². The van der Waals surface area contributed by atoms with E-state index in [-0.39, 0.29) is 17.7 Å². The van der Waals surface area contributed by atoms with Gasteiger partial charge in [-0.05, 0) is 54.9 Å². The van der Waals surface area contributed by atoms with Crippen molar-refractivity contribution in [3.63, 3.8) is 0 Å². The Hall–Kier alpha value is -2.17. The predicted octanol–water partition coefficient (Wildman–Crippen LogP) is 1.80. The van der Waals surface area contributed by atoms with E-state index in [1.807, 2.05) is 0 Å². The van der Waals surface area contributed by atoms with Gasteiger partial charge in [-0.3, -0.25) is 15.0 Å². The van der Waals surface area contributed by atoms with E-state index >= 15 is 0 Å². The monoisotopic (exact) mass is 421 g/mol. The van der Waals surface area contributed by atoms with Gasteiger partial charge in [-0.2, -0.15) is 5.01 Å². The molecule has 29 heavy (non-hydrogen) atoms. The summed E-state index contributed by atoms with van der Waals surface area (Å²) in [6, 6.07) is -0.293. The van der Waals surface area contributed by atoms with Gasteiger partial charge in [-0.15, -0.1) is 5.10 Å². The number of urea groups is 1. The third-order valence-electron chi connectivity index (χ3n) is 6.24. The Morgan fingerprint density at radius 2 is 1.93 bits per heavy atom. The SMILES string of the molecule is CC1CCC2(CC1)NC(=O)N(NC(=O)CSc1nnnn1C1CCCCC1)C2=O. The van der Waals surface area contributed by atoms with E-state index in [0.717, 1.165) is 43.5 Å². The summed E-state index contributed by atoms with van der Waals surface area (Å²) in [5.41, 5.74) is 1.59. The van der Waals surface area contributed by atoms with Crippen LogP contribution in [0.15, 0.2) is 5.16 Å². The normalized spacial score (nSPS) is 28.0. The highest BCUT2D eigenvalue weighted by molar-refractivity contribution is 7.99. The average molecular weight is 422 g/mol. The highest BCUT2D eigenvalue weighted by Gasteiger charge is 2.52. The second-order valence-electron chi connectivity index (χ2n) is 8.36. The lowest BCUT2D eigenvalue weighted by Gasteiger charge is -2.33. The fourth-order valence-electron chi connectivity index (χ4n) is 4.44. The molecule has 0 unspecified atom stereocenters. The molecule has 2 heterocycles. The van der Waals surface area contributed by atoms with E-state index in [4.69, 9.17) is 0 Å². The lowest BCUT2D eigenvalue weighted by atomic mass is 9.77. The van der Waals surface area contributed by atoms with Crippen molar-refractivity contribution in [1.82, 2.24) is 36.0 Å². The molecule has 3 aliphatic rings. The van der Waals surface area contributed by atoms with Crippen LogP contribution in [0.1, 0.15) is 70.8 Å². The van der Waals surface area contributed by atoms with Gasteiger partial charge in [0.05, 0.1) is 11.8 Å². The van der Waals surface area contributed by atoms with Crippen LogP contribution in [0.4, 0.5) is 4.79 Å². The van der Waals surface area contributed by atoms with Crippen LogP contribution in [0, 0.1) is 5.92 Å². The van der Waals surface area contributed by atoms with Crippen molar-refractivity contribution in [2.75, 3.05) is 5.75 Å². The number of hydrogen-bond acceptors (Lipinski definition) is 7. The van der Waals surface area contributed by atoms with E-state index in [1.165, 1.54) is 18.2 Å². The maximum absolute atomic E-state index is 12.8. The largest absolute Gasteiger partial charge is 0.344 e. The quantitative estimate of drug-likeness (QED) is 0.549. The summed E-state index contributed by atoms with van der Waals surface area (Å²) in [5, 5.41) is 16.1. The van der Waals surface area contributed by atoms with Gasteiger partial charge in [0.2, 0.25) is 11.1 Å². The number of nitrogens with zero attached hydrogens (tertiary/aromatic N) is 5. The Labute approximate surface area is 173 Å². The molecule has 158 valence electrons. The Morgan fingerprint density at radius 3 is 2.66 bits per heavy atom. The van der Waals surface area contributed by atoms with E-state index < -0.39 is 17.5 Å². The lowest BCUT2D eigenvalue weighted by Crippen LogP contribution is -2.51. The first kappa shape index (κ1) is 20.1. The highest BCUT2D eigenvalue weighted by atomic mass is 32.2. The van der Waals surface area contributed by atoms with Crippen LogP contribution >= 0.6 is 11.8 Å². The van der Waals surface area contributed by atoms with Crippen molar-refractivity contribution in [3.8, 4) is 0 Å². The van der Waals surface area contributed by atoms with Crippen molar-refractivity contribution in [1.29, 1.82) is 0 Å². The second kappa shape index (κ2) is 8.29. The molecule has 10 nitrogen and oxygen atoms in total. The van der Waals surface area contributed by atoms with Crippen LogP contribution in [-0.2, 0) is 9.59 Å². The molecule has 1 aliphatic heterocycles. The number of rotatable bonds is 5. The van der Waals surface area contributed by atoms with Gasteiger partial charge in [0.1, 0.15) is 5.54 Å². The molecule has 1 aromatic rings. The second-order valence-corrected chi connectivity index (χ2v) is 9.30. The van der Waals surface area contributed by atoms with Crippen molar-refractivity contribution in [2.24, 2.45) is 5.92 Å². The van der Waals surface area contributed by atoms with E-state index in [9.17, 15) is 14.4 Å². The zero-order valence-corrected chi connectivity index (χ0v) is 17.4. The molecule has 2 aliphatic carbocycles. The first-order chi connectivity index (χ1) is 14.0. The molecule has 2 N–H and O–H groups in total. The summed E-state index contributed by atoms with van der Waals surface area (Å²) in [5.74, 6) is -0.230. The topological polar surface area (TPSA) is 122 Å². The zero-order valence-electron chi connectivity index (χ0n) is 16.6. The maximum Gasteiger partial charge on any atom is 0.344 e. The molecular weight excluding hydrogens is 394 g/mol. The van der Waals surface area contributed by atoms with Crippen LogP contribution in [0.3, 0.4) is 0 Å². The summed E-state index contributed by atoms with van der Waals surface area (Å²) in [7, 11) is 0. The van der Waals surface area contributed by atoms with Gasteiger partial charge in [-0.1, -0.05) is 37.9 Å². The Kier molecular flexibility index (Phi) is 5.75. The number of carbonyl (C=O) groups is 3. The Bertz CT molecular complexity index is 784. The number of thioether (sulfide) groups is 1. The molecule has 3 fully saturated rings. The molecule has 2 saturated carbocycles. The fraction of sp³-hybridized carbons (Fsp3) is 0.778. The minimum atomic E-state index is -0.866. The summed E-state index contributed by atoms with van der Waals surface area (Å²) in [6.07, 6.45) is 8.59. The molecule has 1 aromatic heterocycles. The zero-order chi connectivity index (χ0) is 20.4. The van der Waals surface area contributed by atoms with E-state index in [0.29, 0.717) is 23.9 Å². The first-order valence-electron chi connectivity index (χ1n) is 10.4. The third kappa shape index (κ3) is 4.10. The van der Waals surface area contributed by atoms with Gasteiger partial charge >= 0.3 is 6.03 Å². The molecule has 0 radical (unpaired) electrons. The molecule has 4 rings (SSSR count). The number of amides is 4. The minimum absolute atomic E-state index is 0.0220. The standard InChI is InChI=1S/C18H27N7O3S/c1-12-7-9-18(10-8-12)15(27)25(16(28)19-18)21-14(26)11-29-17-20-22-23-24(17)13-5-3-2-4-6-13/h12-13H,2-11H2,1H3,(H,19,28)(H,21,26). The first-order valence-corrected chi connectivity index (χ1v) is 11.3. The highest BCUT2D eigenvalue weighted by Crippen LogP contribution is 2.36. The van der Waals surface area contributed by atoms with Gasteiger partial charge in [0.15, 0.2) is 0 Å². The third-order valence-corrected chi connectivity index (χ3v) is 7.18. The number of hydrazine groups is 1. The van der Waals surface area contributed by atoms with E-state index in [1.54, 1.807) is 4.68 Å². The van der Waals surface area contributed by atoms with Crippen LogP contribution in [0.25, 0.3) is 0 Å². The van der Waals surface area contributed by atoms with Crippen molar-refractivity contribution >= 4 is 29.6 Å². The number of nitrogens with one attached hydrogen (secondary N) is 2. The molecule has 0 bridgehead atoms. The summed E-state index contributed by atoms with van der Waals surface area (Å²) in [4.78, 5) is 37.5. The average Bonchev–Trinajstić information content (AvgIpc) is 3.28. The Morgan fingerprint density at radius 1 is 1.21 bits per heavy atom. The van der Waals surface area contributed by atoms with Crippen LogP contribution in [0.2, 0.25) is 0 Å². The minimum Gasteiger partial charge on any atom is -0.322 e. The number of imide groups is 1. The molecule has 0 atom stereocenters. The molecule has 0 aromatic carbocycles. The van der Waals surface area contributed by atoms with Crippen molar-refractivity contribution in [3.05, 3.63) is 0 Å². The maximum atomic E-state index is 12.8. The van der Waals surface area contributed by atoms with Gasteiger partial charge in [-0.25, -0.2) is 9.48 Å². The molecule has 1 spiro atoms. The number of tetrazole rings is 1. The smallest absolute Gasteiger partial charge is 0.322 e. The number of hydrogen-bond donors (Lipinski definition) is 2. The van der Waals surface area contributed by atoms with Crippen molar-refractivity contribution in [2.45, 2.75) is 81.4 Å². The van der Waals surface area contributed by atoms with Crippen molar-refractivity contribution < 1.29 is 14.4 Å². The summed E-state index contributed by atoms with van der Waals surface area (Å²) >= 11 is 1.21. The van der Waals surface area contributed by atoms with Gasteiger partial charge < -0.3 is 5.32 Å². The Balaban J connectivity index is 1.33. The molecule has 11 heteroatoms. The molecular formula is C18H27N7O3S. The van der Waals surface area contributed by atoms with Gasteiger partial charge in [0.25, 0.3) is 5.91 Å². The summed E-state index contributed by atoms with van der Waals surface area (Å²) in [6.45, 7) is 2.14. The van der Waals surface area contributed by atoms with Crippen LogP contribution in [0.5, 0.6) is 0 Å². The predicted molar refractivity (Wildman–Crippen MR) is 105 cm³/mol.